The highest BCUT2D eigenvalue weighted by molar-refractivity contribution is 5.79. The van der Waals surface area contributed by atoms with Crippen molar-refractivity contribution < 1.29 is 19.1 Å². The number of piperidine rings is 1. The number of benzene rings is 2. The first-order valence-electron chi connectivity index (χ1n) is 11.5. The SMILES string of the molecule is CCOc1ccc(CC(=O)N2CCC(NC(=O)CCCOc3ccc(C)cc3)CC2)cc1. The lowest BCUT2D eigenvalue weighted by atomic mass is 10.0. The molecule has 0 spiro atoms. The lowest BCUT2D eigenvalue weighted by Gasteiger charge is -2.32. The molecule has 2 aromatic carbocycles. The number of aryl methyl sites for hydroxylation is 1. The molecule has 0 aromatic heterocycles. The zero-order valence-corrected chi connectivity index (χ0v) is 19.1. The highest BCUT2D eigenvalue weighted by Crippen LogP contribution is 2.16. The molecule has 3 rings (SSSR count). The monoisotopic (exact) mass is 438 g/mol. The molecule has 1 N–H and O–H groups in total. The molecular weight excluding hydrogens is 404 g/mol. The summed E-state index contributed by atoms with van der Waals surface area (Å²) in [5.41, 5.74) is 2.18. The van der Waals surface area contributed by atoms with E-state index in [4.69, 9.17) is 9.47 Å². The summed E-state index contributed by atoms with van der Waals surface area (Å²) in [6, 6.07) is 15.7. The number of hydrogen-bond acceptors (Lipinski definition) is 4. The summed E-state index contributed by atoms with van der Waals surface area (Å²) < 4.78 is 11.1. The zero-order valence-electron chi connectivity index (χ0n) is 19.1. The number of rotatable bonds is 10. The summed E-state index contributed by atoms with van der Waals surface area (Å²) in [6.45, 7) is 6.50. The molecular formula is C26H34N2O4. The number of likely N-dealkylation sites (tertiary alicyclic amines) is 1. The van der Waals surface area contributed by atoms with E-state index >= 15 is 0 Å². The molecule has 32 heavy (non-hydrogen) atoms. The average molecular weight is 439 g/mol. The third kappa shape index (κ3) is 7.59. The predicted molar refractivity (Wildman–Crippen MR) is 125 cm³/mol. The van der Waals surface area contributed by atoms with Gasteiger partial charge in [-0.1, -0.05) is 29.8 Å². The van der Waals surface area contributed by atoms with Crippen LogP contribution in [0.2, 0.25) is 0 Å². The van der Waals surface area contributed by atoms with Crippen LogP contribution in [0.5, 0.6) is 11.5 Å². The van der Waals surface area contributed by atoms with Crippen LogP contribution in [0.25, 0.3) is 0 Å². The first-order chi connectivity index (χ1) is 15.5. The summed E-state index contributed by atoms with van der Waals surface area (Å²) in [5.74, 6) is 1.84. The van der Waals surface area contributed by atoms with E-state index in [0.29, 0.717) is 45.6 Å². The number of nitrogens with one attached hydrogen (secondary N) is 1. The first-order valence-corrected chi connectivity index (χ1v) is 11.5. The minimum Gasteiger partial charge on any atom is -0.494 e. The number of carbonyl (C=O) groups is 2. The van der Waals surface area contributed by atoms with Crippen molar-refractivity contribution in [1.29, 1.82) is 0 Å². The molecule has 0 bridgehead atoms. The van der Waals surface area contributed by atoms with Crippen molar-refractivity contribution in [3.8, 4) is 11.5 Å². The van der Waals surface area contributed by atoms with Crippen LogP contribution in [0.3, 0.4) is 0 Å². The fourth-order valence-corrected chi connectivity index (χ4v) is 3.79. The topological polar surface area (TPSA) is 67.9 Å². The molecule has 1 heterocycles. The van der Waals surface area contributed by atoms with Crippen LogP contribution in [-0.4, -0.2) is 49.1 Å². The van der Waals surface area contributed by atoms with E-state index in [0.717, 1.165) is 29.9 Å². The van der Waals surface area contributed by atoms with E-state index in [9.17, 15) is 9.59 Å². The molecule has 0 radical (unpaired) electrons. The van der Waals surface area contributed by atoms with E-state index in [1.165, 1.54) is 5.56 Å². The fraction of sp³-hybridized carbons (Fsp3) is 0.462. The second-order valence-corrected chi connectivity index (χ2v) is 8.24. The number of nitrogens with zero attached hydrogens (tertiary/aromatic N) is 1. The summed E-state index contributed by atoms with van der Waals surface area (Å²) in [7, 11) is 0. The van der Waals surface area contributed by atoms with Crippen molar-refractivity contribution in [3.63, 3.8) is 0 Å². The molecule has 2 aromatic rings. The Kier molecular flexibility index (Phi) is 8.96. The van der Waals surface area contributed by atoms with Crippen molar-refractivity contribution in [2.45, 2.75) is 52.0 Å². The highest BCUT2D eigenvalue weighted by atomic mass is 16.5. The number of amides is 2. The Labute approximate surface area is 190 Å². The Morgan fingerprint density at radius 3 is 2.25 bits per heavy atom. The normalized spacial score (nSPS) is 14.1. The minimum absolute atomic E-state index is 0.0525. The van der Waals surface area contributed by atoms with Crippen molar-refractivity contribution in [1.82, 2.24) is 10.2 Å². The third-order valence-corrected chi connectivity index (χ3v) is 5.64. The maximum Gasteiger partial charge on any atom is 0.226 e. The molecule has 2 amide bonds. The van der Waals surface area contributed by atoms with Gasteiger partial charge < -0.3 is 19.7 Å². The van der Waals surface area contributed by atoms with Gasteiger partial charge in [0.25, 0.3) is 0 Å². The maximum absolute atomic E-state index is 12.6. The molecule has 1 fully saturated rings. The number of hydrogen-bond donors (Lipinski definition) is 1. The van der Waals surface area contributed by atoms with E-state index in [1.54, 1.807) is 0 Å². The van der Waals surface area contributed by atoms with E-state index < -0.39 is 0 Å². The van der Waals surface area contributed by atoms with Crippen molar-refractivity contribution in [2.75, 3.05) is 26.3 Å². The number of ether oxygens (including phenoxy) is 2. The Balaban J connectivity index is 1.31. The first kappa shape index (κ1) is 23.6. The second kappa shape index (κ2) is 12.1. The molecule has 0 atom stereocenters. The van der Waals surface area contributed by atoms with Gasteiger partial charge in [-0.15, -0.1) is 0 Å². The summed E-state index contributed by atoms with van der Waals surface area (Å²) in [4.78, 5) is 26.7. The van der Waals surface area contributed by atoms with Gasteiger partial charge in [0.2, 0.25) is 11.8 Å². The van der Waals surface area contributed by atoms with Gasteiger partial charge in [0.15, 0.2) is 0 Å². The third-order valence-electron chi connectivity index (χ3n) is 5.64. The molecule has 0 aliphatic carbocycles. The summed E-state index contributed by atoms with van der Waals surface area (Å²) in [5, 5.41) is 3.11. The van der Waals surface area contributed by atoms with Gasteiger partial charge in [-0.3, -0.25) is 9.59 Å². The molecule has 1 aliphatic rings. The predicted octanol–water partition coefficient (Wildman–Crippen LogP) is 3.90. The van der Waals surface area contributed by atoms with Crippen molar-refractivity contribution >= 4 is 11.8 Å². The Hall–Kier alpha value is -3.02. The van der Waals surface area contributed by atoms with Crippen LogP contribution >= 0.6 is 0 Å². The lowest BCUT2D eigenvalue weighted by Crippen LogP contribution is -2.47. The second-order valence-electron chi connectivity index (χ2n) is 8.24. The van der Waals surface area contributed by atoms with Crippen LogP contribution in [-0.2, 0) is 16.0 Å². The van der Waals surface area contributed by atoms with Gasteiger partial charge in [0.1, 0.15) is 11.5 Å². The molecule has 0 saturated carbocycles. The van der Waals surface area contributed by atoms with E-state index in [1.807, 2.05) is 67.3 Å². The summed E-state index contributed by atoms with van der Waals surface area (Å²) >= 11 is 0. The van der Waals surface area contributed by atoms with Gasteiger partial charge in [0, 0.05) is 25.6 Å². The van der Waals surface area contributed by atoms with Crippen LogP contribution < -0.4 is 14.8 Å². The largest absolute Gasteiger partial charge is 0.494 e. The molecule has 1 saturated heterocycles. The molecule has 6 heteroatoms. The van der Waals surface area contributed by atoms with Crippen molar-refractivity contribution in [3.05, 3.63) is 59.7 Å². The molecule has 172 valence electrons. The van der Waals surface area contributed by atoms with Gasteiger partial charge in [-0.25, -0.2) is 0 Å². The highest BCUT2D eigenvalue weighted by Gasteiger charge is 2.23. The zero-order chi connectivity index (χ0) is 22.8. The minimum atomic E-state index is 0.0525. The number of carbonyl (C=O) groups excluding carboxylic acids is 2. The molecule has 1 aliphatic heterocycles. The smallest absolute Gasteiger partial charge is 0.226 e. The molecule has 0 unspecified atom stereocenters. The average Bonchev–Trinajstić information content (AvgIpc) is 2.80. The Morgan fingerprint density at radius 2 is 1.59 bits per heavy atom. The quantitative estimate of drug-likeness (QED) is 0.571. The maximum atomic E-state index is 12.6. The standard InChI is InChI=1S/C26H34N2O4/c1-3-31-23-12-8-21(9-13-23)19-26(30)28-16-14-22(15-17-28)27-25(29)5-4-18-32-24-10-6-20(2)7-11-24/h6-13,22H,3-5,14-19H2,1-2H3,(H,27,29). The van der Waals surface area contributed by atoms with Crippen LogP contribution in [0.15, 0.2) is 48.5 Å². The Morgan fingerprint density at radius 1 is 0.969 bits per heavy atom. The van der Waals surface area contributed by atoms with Gasteiger partial charge in [0.05, 0.1) is 19.6 Å². The van der Waals surface area contributed by atoms with Crippen LogP contribution in [0, 0.1) is 6.92 Å². The van der Waals surface area contributed by atoms with E-state index in [-0.39, 0.29) is 17.9 Å². The van der Waals surface area contributed by atoms with Gasteiger partial charge >= 0.3 is 0 Å². The van der Waals surface area contributed by atoms with Crippen LogP contribution in [0.4, 0.5) is 0 Å². The fourth-order valence-electron chi connectivity index (χ4n) is 3.79. The van der Waals surface area contributed by atoms with Gasteiger partial charge in [-0.2, -0.15) is 0 Å². The van der Waals surface area contributed by atoms with E-state index in [2.05, 4.69) is 5.32 Å². The Bertz CT molecular complexity index is 856. The van der Waals surface area contributed by atoms with Crippen LogP contribution in [0.1, 0.15) is 43.7 Å². The lowest BCUT2D eigenvalue weighted by molar-refractivity contribution is -0.131. The summed E-state index contributed by atoms with van der Waals surface area (Å²) in [6.07, 6.45) is 3.10. The molecule has 6 nitrogen and oxygen atoms in total. The van der Waals surface area contributed by atoms with Gasteiger partial charge in [-0.05, 0) is 62.9 Å². The van der Waals surface area contributed by atoms with Crippen molar-refractivity contribution in [2.24, 2.45) is 0 Å².